The van der Waals surface area contributed by atoms with Crippen LogP contribution in [0.2, 0.25) is 0 Å². The SMILES string of the molecule is CCCOC(=O)N[C@H]1CC2(C)OC1(C)[C@H]1C(=O)N(c3ccc(C#N)c(C(F)(F)F)c3)C(=O)[C@H]12. The number of alkyl halides is 3. The third-order valence-corrected chi connectivity index (χ3v) is 6.75. The van der Waals surface area contributed by atoms with Gasteiger partial charge in [0, 0.05) is 6.42 Å². The first kappa shape index (κ1) is 23.0. The predicted molar refractivity (Wildman–Crippen MR) is 107 cm³/mol. The molecule has 2 bridgehead atoms. The molecule has 3 aliphatic rings. The van der Waals surface area contributed by atoms with Crippen LogP contribution in [-0.4, -0.2) is 41.8 Å². The third-order valence-electron chi connectivity index (χ3n) is 6.75. The lowest BCUT2D eigenvalue weighted by atomic mass is 9.66. The molecule has 0 saturated carbocycles. The number of ether oxygens (including phenoxy) is 2. The zero-order valence-electron chi connectivity index (χ0n) is 18.2. The van der Waals surface area contributed by atoms with Gasteiger partial charge < -0.3 is 14.8 Å². The molecule has 33 heavy (non-hydrogen) atoms. The molecule has 0 aromatic heterocycles. The number of nitrogens with zero attached hydrogens (tertiary/aromatic N) is 2. The summed E-state index contributed by atoms with van der Waals surface area (Å²) in [7, 11) is 0. The van der Waals surface area contributed by atoms with Crippen LogP contribution in [0.4, 0.5) is 23.7 Å². The molecule has 3 amide bonds. The lowest BCUT2D eigenvalue weighted by Gasteiger charge is -2.35. The van der Waals surface area contributed by atoms with Crippen molar-refractivity contribution < 1.29 is 37.0 Å². The number of fused-ring (bicyclic) bond motifs is 5. The molecule has 3 fully saturated rings. The zero-order valence-corrected chi connectivity index (χ0v) is 18.2. The number of amides is 3. The van der Waals surface area contributed by atoms with Gasteiger partial charge in [0.2, 0.25) is 11.8 Å². The summed E-state index contributed by atoms with van der Waals surface area (Å²) in [6, 6.07) is 3.58. The van der Waals surface area contributed by atoms with E-state index in [1.54, 1.807) is 13.8 Å². The highest BCUT2D eigenvalue weighted by Gasteiger charge is 2.76. The average Bonchev–Trinajstić information content (AvgIpc) is 3.26. The number of nitrogens with one attached hydrogen (secondary N) is 1. The van der Waals surface area contributed by atoms with Crippen LogP contribution in [-0.2, 0) is 25.2 Å². The van der Waals surface area contributed by atoms with Crippen molar-refractivity contribution in [3.63, 3.8) is 0 Å². The highest BCUT2D eigenvalue weighted by Crippen LogP contribution is 2.61. The number of carbonyl (C=O) groups excluding carboxylic acids is 3. The highest BCUT2D eigenvalue weighted by molar-refractivity contribution is 6.23. The normalized spacial score (nSPS) is 32.6. The topological polar surface area (TPSA) is 109 Å². The maximum absolute atomic E-state index is 13.4. The quantitative estimate of drug-likeness (QED) is 0.685. The summed E-state index contributed by atoms with van der Waals surface area (Å²) in [6.07, 6.45) is -4.65. The zero-order chi connectivity index (χ0) is 24.3. The molecule has 1 N–H and O–H groups in total. The fourth-order valence-corrected chi connectivity index (χ4v) is 5.39. The Labute approximate surface area is 187 Å². The largest absolute Gasteiger partial charge is 0.450 e. The van der Waals surface area contributed by atoms with E-state index in [9.17, 15) is 27.6 Å². The van der Waals surface area contributed by atoms with E-state index in [0.717, 1.165) is 17.0 Å². The average molecular weight is 465 g/mol. The van der Waals surface area contributed by atoms with Crippen molar-refractivity contribution in [2.75, 3.05) is 11.5 Å². The Morgan fingerprint density at radius 2 is 1.97 bits per heavy atom. The van der Waals surface area contributed by atoms with Crippen molar-refractivity contribution in [1.82, 2.24) is 5.32 Å². The van der Waals surface area contributed by atoms with E-state index >= 15 is 0 Å². The molecule has 3 aliphatic heterocycles. The van der Waals surface area contributed by atoms with Crippen molar-refractivity contribution in [3.05, 3.63) is 29.3 Å². The summed E-state index contributed by atoms with van der Waals surface area (Å²) in [5.74, 6) is -3.28. The number of anilines is 1. The monoisotopic (exact) mass is 465 g/mol. The molecule has 8 nitrogen and oxygen atoms in total. The van der Waals surface area contributed by atoms with E-state index in [2.05, 4.69) is 5.32 Å². The molecule has 0 aliphatic carbocycles. The second-order valence-corrected chi connectivity index (χ2v) is 8.94. The highest BCUT2D eigenvalue weighted by atomic mass is 19.4. The lowest BCUT2D eigenvalue weighted by Crippen LogP contribution is -2.56. The number of benzene rings is 1. The summed E-state index contributed by atoms with van der Waals surface area (Å²) < 4.78 is 51.5. The Morgan fingerprint density at radius 3 is 2.58 bits per heavy atom. The van der Waals surface area contributed by atoms with Gasteiger partial charge in [-0.15, -0.1) is 0 Å². The van der Waals surface area contributed by atoms with E-state index in [4.69, 9.17) is 14.7 Å². The van der Waals surface area contributed by atoms with Crippen molar-refractivity contribution in [2.45, 2.75) is 57.0 Å². The molecular formula is C22H22F3N3O5. The molecule has 5 atom stereocenters. The minimum atomic E-state index is -4.84. The van der Waals surface area contributed by atoms with E-state index in [-0.39, 0.29) is 18.7 Å². The van der Waals surface area contributed by atoms with Gasteiger partial charge in [0.1, 0.15) is 0 Å². The Balaban J connectivity index is 1.68. The lowest BCUT2D eigenvalue weighted by molar-refractivity contribution is -0.138. The first-order chi connectivity index (χ1) is 15.4. The third kappa shape index (κ3) is 3.35. The Bertz CT molecular complexity index is 1080. The molecule has 4 rings (SSSR count). The molecular weight excluding hydrogens is 443 g/mol. The molecule has 3 heterocycles. The molecule has 1 aromatic rings. The molecule has 1 aromatic carbocycles. The van der Waals surface area contributed by atoms with Crippen LogP contribution in [0, 0.1) is 23.2 Å². The van der Waals surface area contributed by atoms with Gasteiger partial charge in [-0.2, -0.15) is 18.4 Å². The van der Waals surface area contributed by atoms with Crippen molar-refractivity contribution in [3.8, 4) is 6.07 Å². The molecule has 0 spiro atoms. The number of halogens is 3. The first-order valence-corrected chi connectivity index (χ1v) is 10.5. The van der Waals surface area contributed by atoms with Gasteiger partial charge in [0.15, 0.2) is 0 Å². The second-order valence-electron chi connectivity index (χ2n) is 8.94. The Kier molecular flexibility index (Phi) is 5.20. The smallest absolute Gasteiger partial charge is 0.417 e. The van der Waals surface area contributed by atoms with E-state index in [1.807, 2.05) is 6.92 Å². The summed E-state index contributed by atoms with van der Waals surface area (Å²) in [6.45, 7) is 5.32. The fourth-order valence-electron chi connectivity index (χ4n) is 5.39. The van der Waals surface area contributed by atoms with E-state index in [1.165, 1.54) is 6.07 Å². The summed E-state index contributed by atoms with van der Waals surface area (Å²) in [5.41, 5.74) is -4.43. The fraction of sp³-hybridized carbons (Fsp3) is 0.545. The van der Waals surface area contributed by atoms with E-state index < -0.39 is 64.3 Å². The van der Waals surface area contributed by atoms with Crippen LogP contribution in [0.5, 0.6) is 0 Å². The number of alkyl carbamates (subject to hydrolysis) is 1. The van der Waals surface area contributed by atoms with Crippen molar-refractivity contribution in [1.29, 1.82) is 5.26 Å². The minimum absolute atomic E-state index is 0.213. The van der Waals surface area contributed by atoms with Gasteiger partial charge >= 0.3 is 12.3 Å². The standard InChI is InChI=1S/C22H22F3N3O5/c1-4-7-32-19(31)27-14-9-20(2)15-16(21(14,3)33-20)18(30)28(17(15)29)12-6-5-11(10-26)13(8-12)22(23,24)25/h5-6,8,14-16H,4,7,9H2,1-3H3,(H,27,31)/t14-,15-,16+,20?,21?/m0/s1. The summed E-state index contributed by atoms with van der Waals surface area (Å²) in [5, 5.41) is 11.7. The maximum atomic E-state index is 13.4. The predicted octanol–water partition coefficient (Wildman–Crippen LogP) is 3.14. The molecule has 0 radical (unpaired) electrons. The molecule has 2 unspecified atom stereocenters. The first-order valence-electron chi connectivity index (χ1n) is 10.5. The van der Waals surface area contributed by atoms with E-state index in [0.29, 0.717) is 12.5 Å². The van der Waals surface area contributed by atoms with Crippen molar-refractivity contribution in [2.24, 2.45) is 11.8 Å². The number of imide groups is 1. The van der Waals surface area contributed by atoms with Crippen LogP contribution in [0.3, 0.4) is 0 Å². The van der Waals surface area contributed by atoms with Gasteiger partial charge in [0.05, 0.1) is 58.6 Å². The van der Waals surface area contributed by atoms with Crippen molar-refractivity contribution >= 4 is 23.6 Å². The number of carbonyl (C=O) groups is 3. The van der Waals surface area contributed by atoms with Gasteiger partial charge in [-0.25, -0.2) is 9.69 Å². The minimum Gasteiger partial charge on any atom is -0.450 e. The van der Waals surface area contributed by atoms with Gasteiger partial charge in [-0.3, -0.25) is 9.59 Å². The van der Waals surface area contributed by atoms with Crippen LogP contribution in [0.25, 0.3) is 0 Å². The second kappa shape index (κ2) is 7.45. The van der Waals surface area contributed by atoms with Crippen LogP contribution in [0.15, 0.2) is 18.2 Å². The maximum Gasteiger partial charge on any atom is 0.417 e. The molecule has 176 valence electrons. The van der Waals surface area contributed by atoms with Gasteiger partial charge in [-0.05, 0) is 38.5 Å². The Hall–Kier alpha value is -3.13. The number of nitriles is 1. The molecule has 3 saturated heterocycles. The van der Waals surface area contributed by atoms with Crippen LogP contribution < -0.4 is 10.2 Å². The number of rotatable bonds is 4. The summed E-state index contributed by atoms with van der Waals surface area (Å²) >= 11 is 0. The Morgan fingerprint density at radius 1 is 1.30 bits per heavy atom. The van der Waals surface area contributed by atoms with Gasteiger partial charge in [0.25, 0.3) is 0 Å². The number of hydrogen-bond donors (Lipinski definition) is 1. The van der Waals surface area contributed by atoms with Crippen LogP contribution >= 0.6 is 0 Å². The van der Waals surface area contributed by atoms with Crippen LogP contribution in [0.1, 0.15) is 44.7 Å². The summed E-state index contributed by atoms with van der Waals surface area (Å²) in [4.78, 5) is 39.5. The number of hydrogen-bond acceptors (Lipinski definition) is 6. The molecule has 11 heteroatoms. The van der Waals surface area contributed by atoms with Gasteiger partial charge in [-0.1, -0.05) is 6.92 Å².